The van der Waals surface area contributed by atoms with E-state index >= 15 is 0 Å². The first-order chi connectivity index (χ1) is 9.31. The number of rotatable bonds is 3. The summed E-state index contributed by atoms with van der Waals surface area (Å²) in [6, 6.07) is 8.08. The van der Waals surface area contributed by atoms with Gasteiger partial charge in [-0.05, 0) is 24.3 Å². The Hall–Kier alpha value is -1.52. The molecule has 0 atom stereocenters. The van der Waals surface area contributed by atoms with Crippen molar-refractivity contribution in [2.45, 2.75) is 6.54 Å². The Morgan fingerprint density at radius 2 is 1.84 bits per heavy atom. The molecule has 0 saturated carbocycles. The van der Waals surface area contributed by atoms with E-state index in [0.717, 1.165) is 43.6 Å². The molecule has 0 unspecified atom stereocenters. The van der Waals surface area contributed by atoms with Gasteiger partial charge < -0.3 is 9.88 Å². The van der Waals surface area contributed by atoms with Crippen molar-refractivity contribution in [3.8, 4) is 0 Å². The highest BCUT2D eigenvalue weighted by Gasteiger charge is 2.17. The fourth-order valence-electron chi connectivity index (χ4n) is 2.41. The van der Waals surface area contributed by atoms with E-state index in [4.69, 9.17) is 11.6 Å². The molecule has 0 spiro atoms. The van der Waals surface area contributed by atoms with Crippen LogP contribution in [0.1, 0.15) is 5.82 Å². The first-order valence-electron chi connectivity index (χ1n) is 6.52. The van der Waals surface area contributed by atoms with E-state index in [0.29, 0.717) is 0 Å². The summed E-state index contributed by atoms with van der Waals surface area (Å²) in [5.74, 6) is 1.04. The zero-order valence-corrected chi connectivity index (χ0v) is 11.5. The summed E-state index contributed by atoms with van der Waals surface area (Å²) in [5, 5.41) is 0.792. The van der Waals surface area contributed by atoms with Crippen molar-refractivity contribution < 1.29 is 0 Å². The molecular weight excluding hydrogens is 260 g/mol. The molecule has 3 rings (SSSR count). The molecular formula is C14H17ClN4. The third-order valence-electron chi connectivity index (χ3n) is 3.49. The first-order valence-corrected chi connectivity index (χ1v) is 6.90. The molecule has 1 aliphatic rings. The number of imidazole rings is 1. The highest BCUT2D eigenvalue weighted by molar-refractivity contribution is 6.30. The maximum atomic E-state index is 5.92. The molecule has 0 bridgehead atoms. The molecule has 1 aliphatic heterocycles. The molecule has 1 fully saturated rings. The smallest absolute Gasteiger partial charge is 0.120 e. The second-order valence-corrected chi connectivity index (χ2v) is 5.21. The highest BCUT2D eigenvalue weighted by Crippen LogP contribution is 2.19. The minimum Gasteiger partial charge on any atom is -0.369 e. The molecule has 4 nitrogen and oxygen atoms in total. The summed E-state index contributed by atoms with van der Waals surface area (Å²) in [5.41, 5.74) is 1.25. The van der Waals surface area contributed by atoms with Gasteiger partial charge in [0.2, 0.25) is 0 Å². The van der Waals surface area contributed by atoms with Gasteiger partial charge in [-0.15, -0.1) is 0 Å². The summed E-state index contributed by atoms with van der Waals surface area (Å²) in [6.07, 6.45) is 3.68. The van der Waals surface area contributed by atoms with Crippen molar-refractivity contribution in [3.05, 3.63) is 47.5 Å². The number of nitrogens with one attached hydrogen (secondary N) is 1. The maximum absolute atomic E-state index is 5.92. The molecule has 1 aromatic heterocycles. The third kappa shape index (κ3) is 3.08. The van der Waals surface area contributed by atoms with Crippen LogP contribution in [0.15, 0.2) is 36.7 Å². The predicted octanol–water partition coefficient (Wildman–Crippen LogP) is 2.39. The van der Waals surface area contributed by atoms with E-state index in [-0.39, 0.29) is 0 Å². The molecule has 19 heavy (non-hydrogen) atoms. The van der Waals surface area contributed by atoms with Crippen molar-refractivity contribution in [1.82, 2.24) is 14.9 Å². The minimum atomic E-state index is 0.792. The average Bonchev–Trinajstić information content (AvgIpc) is 2.94. The van der Waals surface area contributed by atoms with Gasteiger partial charge in [0.05, 0.1) is 6.54 Å². The average molecular weight is 277 g/mol. The van der Waals surface area contributed by atoms with Crippen LogP contribution >= 0.6 is 11.6 Å². The van der Waals surface area contributed by atoms with Gasteiger partial charge in [0.25, 0.3) is 0 Å². The molecule has 100 valence electrons. The molecule has 1 N–H and O–H groups in total. The van der Waals surface area contributed by atoms with Gasteiger partial charge in [0.15, 0.2) is 0 Å². The lowest BCUT2D eigenvalue weighted by atomic mass is 10.2. The lowest BCUT2D eigenvalue weighted by Crippen LogP contribution is -2.46. The quantitative estimate of drug-likeness (QED) is 0.935. The van der Waals surface area contributed by atoms with Crippen LogP contribution in [0.3, 0.4) is 0 Å². The lowest BCUT2D eigenvalue weighted by molar-refractivity contribution is 0.244. The number of anilines is 1. The number of aromatic amines is 1. The number of benzene rings is 1. The van der Waals surface area contributed by atoms with Crippen molar-refractivity contribution in [1.29, 1.82) is 0 Å². The van der Waals surface area contributed by atoms with Gasteiger partial charge in [-0.25, -0.2) is 4.98 Å². The molecule has 1 saturated heterocycles. The Kier molecular flexibility index (Phi) is 3.71. The Morgan fingerprint density at radius 3 is 2.47 bits per heavy atom. The number of nitrogens with zero attached hydrogens (tertiary/aromatic N) is 3. The molecule has 2 aromatic rings. The van der Waals surface area contributed by atoms with E-state index in [2.05, 4.69) is 31.9 Å². The van der Waals surface area contributed by atoms with E-state index < -0.39 is 0 Å². The summed E-state index contributed by atoms with van der Waals surface area (Å²) in [6.45, 7) is 5.11. The fraction of sp³-hybridized carbons (Fsp3) is 0.357. The van der Waals surface area contributed by atoms with Crippen molar-refractivity contribution >= 4 is 17.3 Å². The largest absolute Gasteiger partial charge is 0.369 e. The second kappa shape index (κ2) is 5.63. The molecule has 0 amide bonds. The molecule has 1 aromatic carbocycles. The van der Waals surface area contributed by atoms with Crippen molar-refractivity contribution in [2.75, 3.05) is 31.1 Å². The number of hydrogen-bond acceptors (Lipinski definition) is 3. The monoisotopic (exact) mass is 276 g/mol. The van der Waals surface area contributed by atoms with Crippen LogP contribution in [0, 0.1) is 0 Å². The predicted molar refractivity (Wildman–Crippen MR) is 77.5 cm³/mol. The van der Waals surface area contributed by atoms with E-state index in [1.54, 1.807) is 6.20 Å². The Morgan fingerprint density at radius 1 is 1.11 bits per heavy atom. The maximum Gasteiger partial charge on any atom is 0.120 e. The van der Waals surface area contributed by atoms with E-state index in [9.17, 15) is 0 Å². The summed E-state index contributed by atoms with van der Waals surface area (Å²) in [4.78, 5) is 12.2. The van der Waals surface area contributed by atoms with Gasteiger partial charge in [-0.3, -0.25) is 4.90 Å². The van der Waals surface area contributed by atoms with Crippen molar-refractivity contribution in [2.24, 2.45) is 0 Å². The molecule has 0 aliphatic carbocycles. The zero-order chi connectivity index (χ0) is 13.1. The zero-order valence-electron chi connectivity index (χ0n) is 10.7. The fourth-order valence-corrected chi connectivity index (χ4v) is 2.54. The van der Waals surface area contributed by atoms with E-state index in [1.807, 2.05) is 18.3 Å². The molecule has 2 heterocycles. The standard InChI is InChI=1S/C14H17ClN4/c15-12-1-3-13(4-2-12)19-9-7-18(8-10-19)11-14-16-5-6-17-14/h1-6H,7-11H2,(H,16,17). The topological polar surface area (TPSA) is 35.2 Å². The van der Waals surface area contributed by atoms with E-state index in [1.165, 1.54) is 5.69 Å². The summed E-state index contributed by atoms with van der Waals surface area (Å²) >= 11 is 5.92. The van der Waals surface area contributed by atoms with Gasteiger partial charge >= 0.3 is 0 Å². The Bertz CT molecular complexity index is 501. The normalized spacial score (nSPS) is 16.8. The second-order valence-electron chi connectivity index (χ2n) is 4.78. The van der Waals surface area contributed by atoms with Crippen LogP contribution in [-0.4, -0.2) is 41.0 Å². The number of aromatic nitrogens is 2. The minimum absolute atomic E-state index is 0.792. The Labute approximate surface area is 118 Å². The molecule has 5 heteroatoms. The SMILES string of the molecule is Clc1ccc(N2CCN(Cc3ncc[nH]3)CC2)cc1. The number of halogens is 1. The van der Waals surface area contributed by atoms with Crippen LogP contribution < -0.4 is 4.90 Å². The van der Waals surface area contributed by atoms with Gasteiger partial charge in [0.1, 0.15) is 5.82 Å². The van der Waals surface area contributed by atoms with Gasteiger partial charge in [-0.1, -0.05) is 11.6 Å². The van der Waals surface area contributed by atoms with Crippen LogP contribution in [0.4, 0.5) is 5.69 Å². The number of H-pyrrole nitrogens is 1. The van der Waals surface area contributed by atoms with Gasteiger partial charge in [-0.2, -0.15) is 0 Å². The summed E-state index contributed by atoms with van der Waals surface area (Å²) < 4.78 is 0. The van der Waals surface area contributed by atoms with Crippen LogP contribution in [0.5, 0.6) is 0 Å². The Balaban J connectivity index is 1.56. The van der Waals surface area contributed by atoms with Crippen molar-refractivity contribution in [3.63, 3.8) is 0 Å². The molecule has 0 radical (unpaired) electrons. The first kappa shape index (κ1) is 12.5. The number of hydrogen-bond donors (Lipinski definition) is 1. The van der Waals surface area contributed by atoms with Crippen LogP contribution in [0.2, 0.25) is 5.02 Å². The number of piperazine rings is 1. The third-order valence-corrected chi connectivity index (χ3v) is 3.74. The van der Waals surface area contributed by atoms with Gasteiger partial charge in [0, 0.05) is 49.3 Å². The summed E-state index contributed by atoms with van der Waals surface area (Å²) in [7, 11) is 0. The van der Waals surface area contributed by atoms with Crippen LogP contribution in [0.25, 0.3) is 0 Å². The lowest BCUT2D eigenvalue weighted by Gasteiger charge is -2.35. The van der Waals surface area contributed by atoms with Crippen LogP contribution in [-0.2, 0) is 6.54 Å². The highest BCUT2D eigenvalue weighted by atomic mass is 35.5.